The molecule has 12 nitrogen and oxygen atoms in total. The maximum atomic E-state index is 12.7. The second-order valence-electron chi connectivity index (χ2n) is 9.51. The molecule has 0 unspecified atom stereocenters. The summed E-state index contributed by atoms with van der Waals surface area (Å²) >= 11 is 0. The number of carbonyl (C=O) groups excluding carboxylic acids is 1. The summed E-state index contributed by atoms with van der Waals surface area (Å²) in [6.45, 7) is 2.88. The molecule has 0 aliphatic heterocycles. The fourth-order valence-corrected chi connectivity index (χ4v) is 4.81. The van der Waals surface area contributed by atoms with E-state index in [9.17, 15) is 4.79 Å². The summed E-state index contributed by atoms with van der Waals surface area (Å²) < 4.78 is 14.5. The molecule has 4 aromatic rings. The fraction of sp³-hybridized carbons (Fsp3) is 0.407. The number of methoxy groups -OCH3 is 1. The number of carbonyl (C=O) groups is 1. The van der Waals surface area contributed by atoms with Gasteiger partial charge >= 0.3 is 5.97 Å². The predicted molar refractivity (Wildman–Crippen MR) is 146 cm³/mol. The van der Waals surface area contributed by atoms with Crippen LogP contribution >= 0.6 is 0 Å². The first-order valence-corrected chi connectivity index (χ1v) is 13.2. The maximum absolute atomic E-state index is 12.7. The summed E-state index contributed by atoms with van der Waals surface area (Å²) in [4.78, 5) is 26.0. The van der Waals surface area contributed by atoms with E-state index in [1.165, 1.54) is 38.3 Å². The standard InChI is InChI=1S/C27H33N9O3/c1-4-39-26(37)21-14-28-27(31-19-13-30-36(16-19)15-18-9-6-5-7-10-18)33-25(21)32-22-12-8-11-20(23(22)38-3)24-29-17-35(2)34-24/h8,11-14,16-18H,4-7,9-10,15H2,1-3H3,(H2,28,31,32,33). The van der Waals surface area contributed by atoms with Crippen LogP contribution in [0, 0.1) is 5.92 Å². The summed E-state index contributed by atoms with van der Waals surface area (Å²) in [5, 5.41) is 15.3. The van der Waals surface area contributed by atoms with Gasteiger partial charge in [-0.05, 0) is 37.8 Å². The zero-order chi connectivity index (χ0) is 27.2. The van der Waals surface area contributed by atoms with Gasteiger partial charge in [0.2, 0.25) is 5.95 Å². The largest absolute Gasteiger partial charge is 0.494 e. The van der Waals surface area contributed by atoms with Crippen molar-refractivity contribution in [3.05, 3.63) is 48.7 Å². The Bertz CT molecular complexity index is 1430. The third-order valence-corrected chi connectivity index (χ3v) is 6.66. The van der Waals surface area contributed by atoms with E-state index in [2.05, 4.69) is 35.8 Å². The van der Waals surface area contributed by atoms with E-state index in [0.717, 1.165) is 12.2 Å². The van der Waals surface area contributed by atoms with Crippen molar-refractivity contribution in [3.8, 4) is 17.1 Å². The molecular weight excluding hydrogens is 498 g/mol. The number of para-hydroxylation sites is 1. The summed E-state index contributed by atoms with van der Waals surface area (Å²) in [6, 6.07) is 5.54. The number of anilines is 4. The Morgan fingerprint density at radius 2 is 1.97 bits per heavy atom. The molecule has 1 fully saturated rings. The highest BCUT2D eigenvalue weighted by atomic mass is 16.5. The quantitative estimate of drug-likeness (QED) is 0.277. The van der Waals surface area contributed by atoms with E-state index >= 15 is 0 Å². The number of nitrogens with one attached hydrogen (secondary N) is 2. The minimum absolute atomic E-state index is 0.193. The van der Waals surface area contributed by atoms with Crippen molar-refractivity contribution >= 4 is 29.1 Å². The van der Waals surface area contributed by atoms with Crippen molar-refractivity contribution in [3.63, 3.8) is 0 Å². The summed E-state index contributed by atoms with van der Waals surface area (Å²) in [6.07, 6.45) is 13.2. The Labute approximate surface area is 226 Å². The maximum Gasteiger partial charge on any atom is 0.343 e. The Balaban J connectivity index is 1.41. The van der Waals surface area contributed by atoms with Gasteiger partial charge in [-0.3, -0.25) is 9.36 Å². The van der Waals surface area contributed by atoms with Crippen molar-refractivity contribution < 1.29 is 14.3 Å². The highest BCUT2D eigenvalue weighted by Gasteiger charge is 2.20. The lowest BCUT2D eigenvalue weighted by atomic mass is 9.89. The molecule has 3 heterocycles. The molecule has 204 valence electrons. The Morgan fingerprint density at radius 3 is 2.72 bits per heavy atom. The van der Waals surface area contributed by atoms with E-state index in [0.29, 0.717) is 34.7 Å². The Hall–Kier alpha value is -4.48. The van der Waals surface area contributed by atoms with Crippen LogP contribution in [0.5, 0.6) is 5.75 Å². The molecule has 0 atom stereocenters. The highest BCUT2D eigenvalue weighted by Crippen LogP contribution is 2.37. The van der Waals surface area contributed by atoms with Crippen LogP contribution in [0.15, 0.2) is 43.1 Å². The van der Waals surface area contributed by atoms with Crippen LogP contribution in [0.25, 0.3) is 11.4 Å². The van der Waals surface area contributed by atoms with Crippen molar-refractivity contribution in [2.24, 2.45) is 13.0 Å². The third-order valence-electron chi connectivity index (χ3n) is 6.66. The second kappa shape index (κ2) is 11.9. The first-order chi connectivity index (χ1) is 19.0. The van der Waals surface area contributed by atoms with Crippen molar-refractivity contribution in [1.29, 1.82) is 0 Å². The van der Waals surface area contributed by atoms with Gasteiger partial charge in [0, 0.05) is 26.0 Å². The number of hydrogen-bond donors (Lipinski definition) is 2. The number of aromatic nitrogens is 7. The van der Waals surface area contributed by atoms with E-state index in [1.807, 2.05) is 29.1 Å². The molecule has 3 aromatic heterocycles. The molecule has 5 rings (SSSR count). The smallest absolute Gasteiger partial charge is 0.343 e. The number of nitrogens with zero attached hydrogens (tertiary/aromatic N) is 7. The van der Waals surface area contributed by atoms with Crippen LogP contribution < -0.4 is 15.4 Å². The fourth-order valence-electron chi connectivity index (χ4n) is 4.81. The van der Waals surface area contributed by atoms with Crippen molar-refractivity contribution in [2.75, 3.05) is 24.4 Å². The lowest BCUT2D eigenvalue weighted by Crippen LogP contribution is -2.14. The molecule has 0 bridgehead atoms. The topological polar surface area (TPSA) is 134 Å². The molecule has 39 heavy (non-hydrogen) atoms. The first kappa shape index (κ1) is 26.1. The summed E-state index contributed by atoms with van der Waals surface area (Å²) in [7, 11) is 3.36. The van der Waals surface area contributed by atoms with Gasteiger partial charge in [-0.25, -0.2) is 14.8 Å². The van der Waals surface area contributed by atoms with Gasteiger partial charge in [0.25, 0.3) is 0 Å². The van der Waals surface area contributed by atoms with Crippen LogP contribution in [-0.4, -0.2) is 54.2 Å². The zero-order valence-electron chi connectivity index (χ0n) is 22.4. The van der Waals surface area contributed by atoms with Crippen LogP contribution in [0.3, 0.4) is 0 Å². The molecular formula is C27H33N9O3. The molecule has 2 N–H and O–H groups in total. The lowest BCUT2D eigenvalue weighted by molar-refractivity contribution is 0.0526. The molecule has 0 radical (unpaired) electrons. The van der Waals surface area contributed by atoms with Crippen molar-refractivity contribution in [1.82, 2.24) is 34.5 Å². The number of esters is 1. The predicted octanol–water partition coefficient (Wildman–Crippen LogP) is 4.72. The van der Waals surface area contributed by atoms with E-state index < -0.39 is 5.97 Å². The number of hydrogen-bond acceptors (Lipinski definition) is 10. The average molecular weight is 532 g/mol. The Morgan fingerprint density at radius 1 is 1.13 bits per heavy atom. The molecule has 12 heteroatoms. The Kier molecular flexibility index (Phi) is 7.99. The van der Waals surface area contributed by atoms with Gasteiger partial charge in [-0.2, -0.15) is 15.2 Å². The van der Waals surface area contributed by atoms with E-state index in [1.54, 1.807) is 38.3 Å². The van der Waals surface area contributed by atoms with Gasteiger partial charge in [0.05, 0.1) is 36.9 Å². The second-order valence-corrected chi connectivity index (χ2v) is 9.51. The third kappa shape index (κ3) is 6.16. The number of benzene rings is 1. The minimum Gasteiger partial charge on any atom is -0.494 e. The van der Waals surface area contributed by atoms with Crippen LogP contribution in [0.2, 0.25) is 0 Å². The average Bonchev–Trinajstić information content (AvgIpc) is 3.58. The van der Waals surface area contributed by atoms with E-state index in [-0.39, 0.29) is 18.0 Å². The van der Waals surface area contributed by atoms with Gasteiger partial charge in [-0.1, -0.05) is 25.3 Å². The van der Waals surface area contributed by atoms with Crippen molar-refractivity contribution in [2.45, 2.75) is 45.6 Å². The van der Waals surface area contributed by atoms with Gasteiger partial charge in [-0.15, -0.1) is 0 Å². The number of ether oxygens (including phenoxy) is 2. The molecule has 0 spiro atoms. The summed E-state index contributed by atoms with van der Waals surface area (Å²) in [5.41, 5.74) is 2.23. The molecule has 1 aliphatic rings. The normalized spacial score (nSPS) is 13.7. The minimum atomic E-state index is -0.534. The zero-order valence-corrected chi connectivity index (χ0v) is 22.4. The van der Waals surface area contributed by atoms with Gasteiger partial charge in [0.15, 0.2) is 17.4 Å². The van der Waals surface area contributed by atoms with Gasteiger partial charge < -0.3 is 20.1 Å². The van der Waals surface area contributed by atoms with Crippen LogP contribution in [0.1, 0.15) is 49.4 Å². The van der Waals surface area contributed by atoms with Crippen LogP contribution in [0.4, 0.5) is 23.1 Å². The molecule has 1 aromatic carbocycles. The van der Waals surface area contributed by atoms with Crippen LogP contribution in [-0.2, 0) is 18.3 Å². The van der Waals surface area contributed by atoms with E-state index in [4.69, 9.17) is 9.47 Å². The summed E-state index contributed by atoms with van der Waals surface area (Å²) in [5.74, 6) is 1.73. The molecule has 1 aliphatic carbocycles. The molecule has 0 amide bonds. The monoisotopic (exact) mass is 531 g/mol. The highest BCUT2D eigenvalue weighted by molar-refractivity contribution is 5.96. The molecule has 0 saturated heterocycles. The molecule has 1 saturated carbocycles. The number of rotatable bonds is 10. The van der Waals surface area contributed by atoms with Gasteiger partial charge in [0.1, 0.15) is 11.9 Å². The lowest BCUT2D eigenvalue weighted by Gasteiger charge is -2.21. The SMILES string of the molecule is CCOC(=O)c1cnc(Nc2cnn(CC3CCCCC3)c2)nc1Nc1cccc(-c2ncn(C)n2)c1OC. The number of aryl methyl sites for hydroxylation is 1. The first-order valence-electron chi connectivity index (χ1n) is 13.2.